The Morgan fingerprint density at radius 2 is 1.76 bits per heavy atom. The lowest BCUT2D eigenvalue weighted by atomic mass is 10.1. The Balaban J connectivity index is 2.12. The van der Waals surface area contributed by atoms with Crippen molar-refractivity contribution in [2.75, 3.05) is 7.05 Å². The zero-order chi connectivity index (χ0) is 18.0. The molecule has 0 saturated heterocycles. The molecular formula is C20H20FN3S. The number of hydrogen-bond donors (Lipinski definition) is 0. The summed E-state index contributed by atoms with van der Waals surface area (Å²) in [5.74, 6) is -0.250. The largest absolute Gasteiger partial charge is 0.261 e. The molecule has 0 fully saturated rings. The Labute approximate surface area is 150 Å². The van der Waals surface area contributed by atoms with Gasteiger partial charge in [-0.15, -0.1) is 11.3 Å². The van der Waals surface area contributed by atoms with Crippen LogP contribution in [-0.2, 0) is 0 Å². The van der Waals surface area contributed by atoms with Crippen LogP contribution < -0.4 is 4.80 Å². The summed E-state index contributed by atoms with van der Waals surface area (Å²) in [6, 6.07) is 12.7. The standard InChI is InChI=1S/C20H20FN3S/c1-13-5-6-17(11-14(13)2)19-12-25-20(22-4)24(19)23-15(3)16-7-9-18(21)10-8-16/h5-12H,1-4H3. The second kappa shape index (κ2) is 7.15. The molecule has 3 aromatic rings. The van der Waals surface area contributed by atoms with Gasteiger partial charge in [-0.05, 0) is 55.7 Å². The number of halogens is 1. The third kappa shape index (κ3) is 3.61. The quantitative estimate of drug-likeness (QED) is 0.607. The Kier molecular flexibility index (Phi) is 4.95. The van der Waals surface area contributed by atoms with Crippen molar-refractivity contribution in [1.82, 2.24) is 4.68 Å². The molecule has 25 heavy (non-hydrogen) atoms. The van der Waals surface area contributed by atoms with Crippen molar-refractivity contribution in [2.45, 2.75) is 20.8 Å². The number of thiazole rings is 1. The van der Waals surface area contributed by atoms with E-state index in [-0.39, 0.29) is 5.82 Å². The second-order valence-electron chi connectivity index (χ2n) is 5.93. The lowest BCUT2D eigenvalue weighted by molar-refractivity contribution is 0.627. The van der Waals surface area contributed by atoms with Crippen molar-refractivity contribution in [3.8, 4) is 11.3 Å². The molecule has 0 aliphatic heterocycles. The van der Waals surface area contributed by atoms with Crippen molar-refractivity contribution in [1.29, 1.82) is 0 Å². The molecule has 0 bridgehead atoms. The maximum atomic E-state index is 13.1. The summed E-state index contributed by atoms with van der Waals surface area (Å²) in [6.45, 7) is 6.12. The van der Waals surface area contributed by atoms with Crippen LogP contribution in [0.25, 0.3) is 11.3 Å². The monoisotopic (exact) mass is 353 g/mol. The van der Waals surface area contributed by atoms with Crippen LogP contribution in [0.15, 0.2) is 57.9 Å². The van der Waals surface area contributed by atoms with Crippen LogP contribution in [0.5, 0.6) is 0 Å². The molecule has 0 N–H and O–H groups in total. The summed E-state index contributed by atoms with van der Waals surface area (Å²) in [5, 5.41) is 6.81. The minimum Gasteiger partial charge on any atom is -0.261 e. The number of nitrogens with zero attached hydrogens (tertiary/aromatic N) is 3. The van der Waals surface area contributed by atoms with Crippen LogP contribution in [0.1, 0.15) is 23.6 Å². The van der Waals surface area contributed by atoms with Crippen LogP contribution in [0.4, 0.5) is 4.39 Å². The molecule has 0 amide bonds. The fourth-order valence-corrected chi connectivity index (χ4v) is 3.34. The zero-order valence-electron chi connectivity index (χ0n) is 14.7. The molecule has 0 radical (unpaired) electrons. The van der Waals surface area contributed by atoms with E-state index in [1.54, 1.807) is 30.5 Å². The van der Waals surface area contributed by atoms with E-state index < -0.39 is 0 Å². The van der Waals surface area contributed by atoms with Gasteiger partial charge in [0.05, 0.1) is 11.4 Å². The number of benzene rings is 2. The van der Waals surface area contributed by atoms with E-state index in [0.717, 1.165) is 27.3 Å². The van der Waals surface area contributed by atoms with E-state index in [1.807, 2.05) is 11.6 Å². The van der Waals surface area contributed by atoms with Crippen LogP contribution in [-0.4, -0.2) is 17.4 Å². The van der Waals surface area contributed by atoms with Gasteiger partial charge < -0.3 is 0 Å². The number of rotatable bonds is 3. The second-order valence-corrected chi connectivity index (χ2v) is 6.77. The molecule has 1 heterocycles. The summed E-state index contributed by atoms with van der Waals surface area (Å²) in [7, 11) is 1.76. The van der Waals surface area contributed by atoms with Crippen LogP contribution in [0, 0.1) is 19.7 Å². The Bertz CT molecular complexity index is 995. The molecule has 0 spiro atoms. The highest BCUT2D eigenvalue weighted by atomic mass is 32.1. The molecule has 0 aliphatic rings. The average molecular weight is 353 g/mol. The lowest BCUT2D eigenvalue weighted by Crippen LogP contribution is -2.13. The zero-order valence-corrected chi connectivity index (χ0v) is 15.6. The van der Waals surface area contributed by atoms with Gasteiger partial charge in [-0.1, -0.05) is 24.3 Å². The summed E-state index contributed by atoms with van der Waals surface area (Å²) in [4.78, 5) is 5.15. The van der Waals surface area contributed by atoms with Gasteiger partial charge >= 0.3 is 0 Å². The minimum atomic E-state index is -0.250. The Morgan fingerprint density at radius 1 is 1.04 bits per heavy atom. The topological polar surface area (TPSA) is 29.6 Å². The van der Waals surface area contributed by atoms with E-state index in [1.165, 1.54) is 23.3 Å². The minimum absolute atomic E-state index is 0.250. The van der Waals surface area contributed by atoms with E-state index >= 15 is 0 Å². The predicted octanol–water partition coefficient (Wildman–Crippen LogP) is 4.78. The molecule has 0 aliphatic carbocycles. The van der Waals surface area contributed by atoms with Gasteiger partial charge in [0.2, 0.25) is 4.80 Å². The third-order valence-corrected chi connectivity index (χ3v) is 5.10. The lowest BCUT2D eigenvalue weighted by Gasteiger charge is -2.08. The van der Waals surface area contributed by atoms with E-state index in [0.29, 0.717) is 0 Å². The van der Waals surface area contributed by atoms with Gasteiger partial charge in [-0.3, -0.25) is 4.99 Å². The first-order valence-electron chi connectivity index (χ1n) is 8.02. The molecule has 0 saturated carbocycles. The first-order chi connectivity index (χ1) is 12.0. The maximum Gasteiger partial charge on any atom is 0.205 e. The van der Waals surface area contributed by atoms with Gasteiger partial charge in [-0.25, -0.2) is 9.07 Å². The van der Waals surface area contributed by atoms with Crippen LogP contribution >= 0.6 is 11.3 Å². The van der Waals surface area contributed by atoms with Crippen molar-refractivity contribution in [3.63, 3.8) is 0 Å². The van der Waals surface area contributed by atoms with Crippen molar-refractivity contribution in [2.24, 2.45) is 10.1 Å². The normalized spacial score (nSPS) is 12.7. The van der Waals surface area contributed by atoms with E-state index in [4.69, 9.17) is 5.10 Å². The van der Waals surface area contributed by atoms with Gasteiger partial charge in [-0.2, -0.15) is 5.10 Å². The first-order valence-corrected chi connectivity index (χ1v) is 8.90. The molecule has 5 heteroatoms. The van der Waals surface area contributed by atoms with E-state index in [2.05, 4.69) is 42.4 Å². The predicted molar refractivity (Wildman–Crippen MR) is 103 cm³/mol. The van der Waals surface area contributed by atoms with Gasteiger partial charge in [0.15, 0.2) is 0 Å². The summed E-state index contributed by atoms with van der Waals surface area (Å²) in [5.41, 5.74) is 6.29. The average Bonchev–Trinajstić information content (AvgIpc) is 3.00. The SMILES string of the molecule is CN=c1scc(-c2ccc(C)c(C)c2)n1N=C(C)c1ccc(F)cc1. The van der Waals surface area contributed by atoms with Crippen LogP contribution in [0.3, 0.4) is 0 Å². The molecule has 128 valence electrons. The van der Waals surface area contributed by atoms with Crippen LogP contribution in [0.2, 0.25) is 0 Å². The highest BCUT2D eigenvalue weighted by Gasteiger charge is 2.09. The molecule has 2 aromatic carbocycles. The summed E-state index contributed by atoms with van der Waals surface area (Å²) < 4.78 is 15.0. The van der Waals surface area contributed by atoms with E-state index in [9.17, 15) is 4.39 Å². The number of aromatic nitrogens is 1. The molecule has 3 nitrogen and oxygen atoms in total. The maximum absolute atomic E-state index is 13.1. The molecule has 0 unspecified atom stereocenters. The number of hydrogen-bond acceptors (Lipinski definition) is 3. The van der Waals surface area contributed by atoms with Crippen molar-refractivity contribution in [3.05, 3.63) is 75.2 Å². The molecule has 1 aromatic heterocycles. The fourth-order valence-electron chi connectivity index (χ4n) is 2.55. The molecule has 0 atom stereocenters. The smallest absolute Gasteiger partial charge is 0.205 e. The van der Waals surface area contributed by atoms with Gasteiger partial charge in [0, 0.05) is 18.0 Å². The van der Waals surface area contributed by atoms with Crippen molar-refractivity contribution < 1.29 is 4.39 Å². The van der Waals surface area contributed by atoms with Gasteiger partial charge in [0.1, 0.15) is 5.82 Å². The molecule has 3 rings (SSSR count). The summed E-state index contributed by atoms with van der Waals surface area (Å²) >= 11 is 1.55. The molecular weight excluding hydrogens is 333 g/mol. The first kappa shape index (κ1) is 17.3. The highest BCUT2D eigenvalue weighted by Crippen LogP contribution is 2.23. The van der Waals surface area contributed by atoms with Crippen molar-refractivity contribution >= 4 is 17.0 Å². The fraction of sp³-hybridized carbons (Fsp3) is 0.200. The van der Waals surface area contributed by atoms with Gasteiger partial charge in [0.25, 0.3) is 0 Å². The highest BCUT2D eigenvalue weighted by molar-refractivity contribution is 7.07. The Morgan fingerprint density at radius 3 is 2.40 bits per heavy atom. The number of aryl methyl sites for hydroxylation is 2. The Hall–Kier alpha value is -2.53. The third-order valence-electron chi connectivity index (χ3n) is 4.19. The summed E-state index contributed by atoms with van der Waals surface area (Å²) in [6.07, 6.45) is 0.